The highest BCUT2D eigenvalue weighted by Crippen LogP contribution is 2.26. The van der Waals surface area contributed by atoms with E-state index >= 15 is 0 Å². The summed E-state index contributed by atoms with van der Waals surface area (Å²) < 4.78 is 0. The number of unbranched alkanes of at least 4 members (excludes halogenated alkanes) is 2. The molecule has 0 bridgehead atoms. The summed E-state index contributed by atoms with van der Waals surface area (Å²) >= 11 is 2.93. The molecule has 0 fully saturated rings. The number of carbonyl (C=O) groups excluding carboxylic acids is 2. The van der Waals surface area contributed by atoms with Crippen molar-refractivity contribution in [2.24, 2.45) is 0 Å². The SMILES string of the molecule is O=C(CO)CCCCCC(=O)c1csc(-c2nccs2)n1. The summed E-state index contributed by atoms with van der Waals surface area (Å²) in [5.74, 6) is -0.114. The van der Waals surface area contributed by atoms with Crippen LogP contribution in [0.4, 0.5) is 0 Å². The number of aliphatic hydroxyl groups is 1. The first-order valence-electron chi connectivity index (χ1n) is 6.72. The van der Waals surface area contributed by atoms with Crippen LogP contribution < -0.4 is 0 Å². The molecule has 0 aliphatic rings. The molecule has 2 aromatic rings. The third-order valence-electron chi connectivity index (χ3n) is 2.94. The topological polar surface area (TPSA) is 80.1 Å². The number of ketones is 2. The number of aliphatic hydroxyl groups excluding tert-OH is 1. The van der Waals surface area contributed by atoms with Crippen LogP contribution in [0.25, 0.3) is 10.0 Å². The summed E-state index contributed by atoms with van der Waals surface area (Å²) in [5, 5.41) is 13.9. The number of Topliss-reactive ketones (excluding diaryl/α,β-unsaturated/α-hetero) is 2. The maximum Gasteiger partial charge on any atom is 0.182 e. The minimum absolute atomic E-state index is 0.0301. The summed E-state index contributed by atoms with van der Waals surface area (Å²) in [6.07, 6.45) is 4.80. The van der Waals surface area contributed by atoms with E-state index in [4.69, 9.17) is 5.11 Å². The minimum Gasteiger partial charge on any atom is -0.389 e. The molecule has 0 aromatic carbocycles. The van der Waals surface area contributed by atoms with Crippen molar-refractivity contribution < 1.29 is 14.7 Å². The molecule has 7 heteroatoms. The van der Waals surface area contributed by atoms with Crippen LogP contribution in [0.3, 0.4) is 0 Å². The standard InChI is InChI=1S/C14H16N2O3S2/c17-8-10(18)4-2-1-3-5-12(19)11-9-21-14(16-11)13-15-6-7-20-13/h6-7,9,17H,1-5,8H2. The molecular formula is C14H16N2O3S2. The Morgan fingerprint density at radius 1 is 1.10 bits per heavy atom. The van der Waals surface area contributed by atoms with E-state index in [1.807, 2.05) is 5.38 Å². The number of aromatic nitrogens is 2. The van der Waals surface area contributed by atoms with Crippen LogP contribution in [-0.2, 0) is 4.79 Å². The lowest BCUT2D eigenvalue weighted by atomic mass is 10.1. The Kier molecular flexibility index (Phi) is 6.16. The summed E-state index contributed by atoms with van der Waals surface area (Å²) in [6, 6.07) is 0. The molecule has 0 atom stereocenters. The minimum atomic E-state index is -0.392. The van der Waals surface area contributed by atoms with E-state index in [2.05, 4.69) is 9.97 Å². The van der Waals surface area contributed by atoms with Crippen molar-refractivity contribution in [1.29, 1.82) is 0 Å². The van der Waals surface area contributed by atoms with E-state index in [1.54, 1.807) is 11.6 Å². The molecule has 0 radical (unpaired) electrons. The summed E-state index contributed by atoms with van der Waals surface area (Å²) in [6.45, 7) is -0.392. The van der Waals surface area contributed by atoms with E-state index in [0.717, 1.165) is 22.9 Å². The van der Waals surface area contributed by atoms with Crippen LogP contribution >= 0.6 is 22.7 Å². The molecule has 0 aliphatic heterocycles. The van der Waals surface area contributed by atoms with Crippen molar-refractivity contribution in [3.05, 3.63) is 22.7 Å². The van der Waals surface area contributed by atoms with Crippen LogP contribution in [0.5, 0.6) is 0 Å². The van der Waals surface area contributed by atoms with Gasteiger partial charge >= 0.3 is 0 Å². The van der Waals surface area contributed by atoms with Crippen molar-refractivity contribution in [3.63, 3.8) is 0 Å². The largest absolute Gasteiger partial charge is 0.389 e. The molecule has 1 N–H and O–H groups in total. The molecule has 0 unspecified atom stereocenters. The molecule has 0 aliphatic carbocycles. The van der Waals surface area contributed by atoms with Gasteiger partial charge in [-0.25, -0.2) is 9.97 Å². The predicted octanol–water partition coefficient (Wildman–Crippen LogP) is 2.96. The molecule has 2 heterocycles. The highest BCUT2D eigenvalue weighted by molar-refractivity contribution is 7.19. The molecule has 0 spiro atoms. The molecule has 0 saturated carbocycles. The second-order valence-electron chi connectivity index (χ2n) is 4.56. The highest BCUT2D eigenvalue weighted by Gasteiger charge is 2.12. The smallest absolute Gasteiger partial charge is 0.182 e. The van der Waals surface area contributed by atoms with Crippen LogP contribution in [0, 0.1) is 0 Å². The quantitative estimate of drug-likeness (QED) is 0.566. The Bertz CT molecular complexity index is 593. The third-order valence-corrected chi connectivity index (χ3v) is 4.70. The number of thiazole rings is 2. The fraction of sp³-hybridized carbons (Fsp3) is 0.429. The summed E-state index contributed by atoms with van der Waals surface area (Å²) in [5.41, 5.74) is 0.497. The number of nitrogens with zero attached hydrogens (tertiary/aromatic N) is 2. The van der Waals surface area contributed by atoms with Gasteiger partial charge in [-0.2, -0.15) is 0 Å². The average molecular weight is 324 g/mol. The monoisotopic (exact) mass is 324 g/mol. The van der Waals surface area contributed by atoms with Crippen molar-refractivity contribution in [2.75, 3.05) is 6.61 Å². The van der Waals surface area contributed by atoms with Gasteiger partial charge in [0.2, 0.25) is 0 Å². The molecule has 2 rings (SSSR count). The van der Waals surface area contributed by atoms with Crippen molar-refractivity contribution in [2.45, 2.75) is 32.1 Å². The van der Waals surface area contributed by atoms with E-state index < -0.39 is 6.61 Å². The Balaban J connectivity index is 1.75. The molecule has 0 amide bonds. The molecule has 5 nitrogen and oxygen atoms in total. The van der Waals surface area contributed by atoms with Crippen LogP contribution in [0.1, 0.15) is 42.6 Å². The van der Waals surface area contributed by atoms with Gasteiger partial charge in [0.05, 0.1) is 0 Å². The lowest BCUT2D eigenvalue weighted by Gasteiger charge is -1.99. The van der Waals surface area contributed by atoms with Crippen molar-refractivity contribution in [1.82, 2.24) is 9.97 Å². The fourth-order valence-corrected chi connectivity index (χ4v) is 3.34. The molecule has 0 saturated heterocycles. The first-order chi connectivity index (χ1) is 10.2. The normalized spacial score (nSPS) is 10.7. The first-order valence-corrected chi connectivity index (χ1v) is 8.48. The number of rotatable bonds is 9. The molecule has 112 valence electrons. The fourth-order valence-electron chi connectivity index (χ4n) is 1.82. The van der Waals surface area contributed by atoms with Gasteiger partial charge in [-0.15, -0.1) is 22.7 Å². The van der Waals surface area contributed by atoms with E-state index in [0.29, 0.717) is 25.0 Å². The predicted molar refractivity (Wildman–Crippen MR) is 82.7 cm³/mol. The van der Waals surface area contributed by atoms with Crippen LogP contribution in [0.2, 0.25) is 0 Å². The highest BCUT2D eigenvalue weighted by atomic mass is 32.1. The molecule has 21 heavy (non-hydrogen) atoms. The zero-order chi connectivity index (χ0) is 15.1. The lowest BCUT2D eigenvalue weighted by Crippen LogP contribution is -2.03. The van der Waals surface area contributed by atoms with Gasteiger partial charge in [0.1, 0.15) is 12.3 Å². The maximum absolute atomic E-state index is 12.0. The number of hydrogen-bond donors (Lipinski definition) is 1. The summed E-state index contributed by atoms with van der Waals surface area (Å²) in [4.78, 5) is 31.4. The molecule has 2 aromatic heterocycles. The van der Waals surface area contributed by atoms with E-state index in [9.17, 15) is 9.59 Å². The average Bonchev–Trinajstić information content (AvgIpc) is 3.16. The third kappa shape index (κ3) is 4.80. The van der Waals surface area contributed by atoms with Gasteiger partial charge in [-0.3, -0.25) is 9.59 Å². The van der Waals surface area contributed by atoms with Crippen LogP contribution in [-0.4, -0.2) is 33.2 Å². The van der Waals surface area contributed by atoms with E-state index in [-0.39, 0.29) is 11.6 Å². The van der Waals surface area contributed by atoms with Gasteiger partial charge < -0.3 is 5.11 Å². The van der Waals surface area contributed by atoms with Gasteiger partial charge in [0.25, 0.3) is 0 Å². The van der Waals surface area contributed by atoms with Gasteiger partial charge in [-0.1, -0.05) is 6.42 Å². The van der Waals surface area contributed by atoms with Crippen molar-refractivity contribution in [3.8, 4) is 10.0 Å². The van der Waals surface area contributed by atoms with Crippen molar-refractivity contribution >= 4 is 34.2 Å². The first kappa shape index (κ1) is 15.9. The zero-order valence-corrected chi connectivity index (χ0v) is 13.1. The number of hydrogen-bond acceptors (Lipinski definition) is 7. The Morgan fingerprint density at radius 2 is 1.90 bits per heavy atom. The lowest BCUT2D eigenvalue weighted by molar-refractivity contribution is -0.121. The van der Waals surface area contributed by atoms with Gasteiger partial charge in [0, 0.05) is 29.8 Å². The molecular weight excluding hydrogens is 308 g/mol. The van der Waals surface area contributed by atoms with Crippen LogP contribution in [0.15, 0.2) is 17.0 Å². The summed E-state index contributed by atoms with van der Waals surface area (Å²) in [7, 11) is 0. The number of carbonyl (C=O) groups is 2. The Labute approximate surface area is 130 Å². The second-order valence-corrected chi connectivity index (χ2v) is 6.31. The van der Waals surface area contributed by atoms with E-state index in [1.165, 1.54) is 22.7 Å². The second kappa shape index (κ2) is 8.11. The van der Waals surface area contributed by atoms with Gasteiger partial charge in [0.15, 0.2) is 21.6 Å². The zero-order valence-electron chi connectivity index (χ0n) is 11.4. The Hall–Kier alpha value is -1.44. The van der Waals surface area contributed by atoms with Gasteiger partial charge in [-0.05, 0) is 12.8 Å². The Morgan fingerprint density at radius 3 is 2.62 bits per heavy atom. The maximum atomic E-state index is 12.0.